The maximum atomic E-state index is 4.39. The molecular weight excluding hydrogens is 212 g/mol. The molecule has 74 valence electrons. The third kappa shape index (κ3) is 2.20. The van der Waals surface area contributed by atoms with Crippen LogP contribution in [0.4, 0.5) is 0 Å². The first-order valence-corrected chi connectivity index (χ1v) is 6.23. The van der Waals surface area contributed by atoms with E-state index < -0.39 is 0 Å². The maximum absolute atomic E-state index is 4.39. The van der Waals surface area contributed by atoms with Crippen LogP contribution in [0.25, 0.3) is 9.75 Å². The molecule has 1 N–H and O–H groups in total. The molecule has 2 rings (SSSR count). The van der Waals surface area contributed by atoms with Gasteiger partial charge in [0.25, 0.3) is 0 Å². The third-order valence-corrected chi connectivity index (χ3v) is 4.03. The summed E-state index contributed by atoms with van der Waals surface area (Å²) in [5, 5.41) is 6.44. The van der Waals surface area contributed by atoms with Crippen molar-refractivity contribution in [3.05, 3.63) is 28.7 Å². The number of hydrogen-bond donors (Lipinski definition) is 1. The molecule has 0 fully saturated rings. The smallest absolute Gasteiger partial charge is 0.0944 e. The number of nitrogens with one attached hydrogen (secondary N) is 1. The monoisotopic (exact) mass is 224 g/mol. The number of hydrogen-bond acceptors (Lipinski definition) is 4. The largest absolute Gasteiger partial charge is 0.319 e. The lowest BCUT2D eigenvalue weighted by Gasteiger charge is -1.92. The Balaban J connectivity index is 2.10. The fraction of sp³-hybridized carbons (Fsp3) is 0.300. The van der Waals surface area contributed by atoms with E-state index in [4.69, 9.17) is 0 Å². The van der Waals surface area contributed by atoms with Crippen molar-refractivity contribution in [3.63, 3.8) is 0 Å². The van der Waals surface area contributed by atoms with Gasteiger partial charge in [-0.1, -0.05) is 6.07 Å². The fourth-order valence-corrected chi connectivity index (χ4v) is 2.93. The minimum Gasteiger partial charge on any atom is -0.319 e. The molecule has 0 aliphatic carbocycles. The molecule has 14 heavy (non-hydrogen) atoms. The highest BCUT2D eigenvalue weighted by Gasteiger charge is 2.04. The second-order valence-electron chi connectivity index (χ2n) is 2.95. The minimum atomic E-state index is 0.997. The van der Waals surface area contributed by atoms with Crippen LogP contribution in [0.3, 0.4) is 0 Å². The van der Waals surface area contributed by atoms with Crippen LogP contribution < -0.4 is 5.32 Å². The molecule has 0 radical (unpaired) electrons. The normalized spacial score (nSPS) is 10.6. The SMILES string of the molecule is CNCCc1ncc(-c2cccs2)s1. The average molecular weight is 224 g/mol. The van der Waals surface area contributed by atoms with Crippen molar-refractivity contribution in [1.29, 1.82) is 0 Å². The van der Waals surface area contributed by atoms with Crippen LogP contribution in [0.15, 0.2) is 23.7 Å². The average Bonchev–Trinajstić information content (AvgIpc) is 2.85. The van der Waals surface area contributed by atoms with E-state index in [-0.39, 0.29) is 0 Å². The first-order chi connectivity index (χ1) is 6.90. The van der Waals surface area contributed by atoms with Gasteiger partial charge in [-0.05, 0) is 18.5 Å². The predicted molar refractivity (Wildman–Crippen MR) is 63.1 cm³/mol. The van der Waals surface area contributed by atoms with Crippen molar-refractivity contribution in [3.8, 4) is 9.75 Å². The number of thiazole rings is 1. The van der Waals surface area contributed by atoms with Crippen molar-refractivity contribution < 1.29 is 0 Å². The quantitative estimate of drug-likeness (QED) is 0.863. The summed E-state index contributed by atoms with van der Waals surface area (Å²) < 4.78 is 0. The van der Waals surface area contributed by atoms with Gasteiger partial charge in [-0.15, -0.1) is 22.7 Å². The Bertz CT molecular complexity index is 378. The number of likely N-dealkylation sites (N-methyl/N-ethyl adjacent to an activating group) is 1. The Labute approximate surface area is 91.6 Å². The van der Waals surface area contributed by atoms with Gasteiger partial charge in [0.05, 0.1) is 9.88 Å². The molecule has 0 saturated carbocycles. The van der Waals surface area contributed by atoms with Crippen LogP contribution >= 0.6 is 22.7 Å². The summed E-state index contributed by atoms with van der Waals surface area (Å²) >= 11 is 3.56. The first kappa shape index (κ1) is 9.83. The Kier molecular flexibility index (Phi) is 3.29. The topological polar surface area (TPSA) is 24.9 Å². The number of rotatable bonds is 4. The molecule has 0 spiro atoms. The van der Waals surface area contributed by atoms with Crippen molar-refractivity contribution in [2.45, 2.75) is 6.42 Å². The second-order valence-corrected chi connectivity index (χ2v) is 5.01. The molecule has 0 unspecified atom stereocenters. The number of nitrogens with zero attached hydrogens (tertiary/aromatic N) is 1. The van der Waals surface area contributed by atoms with E-state index in [9.17, 15) is 0 Å². The van der Waals surface area contributed by atoms with Crippen LogP contribution in [0.2, 0.25) is 0 Å². The van der Waals surface area contributed by atoms with Crippen LogP contribution in [0.5, 0.6) is 0 Å². The minimum absolute atomic E-state index is 0.997. The summed E-state index contributed by atoms with van der Waals surface area (Å²) in [4.78, 5) is 7.00. The number of thiophene rings is 1. The Hall–Kier alpha value is -0.710. The van der Waals surface area contributed by atoms with Crippen LogP contribution in [0, 0.1) is 0 Å². The predicted octanol–water partition coefficient (Wildman–Crippen LogP) is 2.63. The number of aromatic nitrogens is 1. The lowest BCUT2D eigenvalue weighted by Crippen LogP contribution is -2.09. The fourth-order valence-electron chi connectivity index (χ4n) is 1.19. The van der Waals surface area contributed by atoms with Crippen LogP contribution in [0.1, 0.15) is 5.01 Å². The van der Waals surface area contributed by atoms with E-state index in [1.54, 1.807) is 22.7 Å². The van der Waals surface area contributed by atoms with E-state index in [0.717, 1.165) is 13.0 Å². The lowest BCUT2D eigenvalue weighted by molar-refractivity contribution is 0.787. The molecule has 2 aromatic rings. The highest BCUT2D eigenvalue weighted by atomic mass is 32.1. The summed E-state index contributed by atoms with van der Waals surface area (Å²) in [6, 6.07) is 4.22. The molecular formula is C10H12N2S2. The first-order valence-electron chi connectivity index (χ1n) is 4.53. The zero-order valence-corrected chi connectivity index (χ0v) is 9.62. The molecule has 2 nitrogen and oxygen atoms in total. The highest BCUT2D eigenvalue weighted by Crippen LogP contribution is 2.29. The third-order valence-electron chi connectivity index (χ3n) is 1.91. The van der Waals surface area contributed by atoms with E-state index in [1.807, 2.05) is 13.2 Å². The van der Waals surface area contributed by atoms with Gasteiger partial charge in [-0.3, -0.25) is 0 Å². The summed E-state index contributed by atoms with van der Waals surface area (Å²) in [6.07, 6.45) is 2.99. The second kappa shape index (κ2) is 4.68. The van der Waals surface area contributed by atoms with Crippen LogP contribution in [-0.2, 0) is 6.42 Å². The van der Waals surface area contributed by atoms with E-state index in [2.05, 4.69) is 27.8 Å². The van der Waals surface area contributed by atoms with Crippen molar-refractivity contribution in [2.75, 3.05) is 13.6 Å². The van der Waals surface area contributed by atoms with Gasteiger partial charge in [-0.25, -0.2) is 4.98 Å². The van der Waals surface area contributed by atoms with Gasteiger partial charge in [-0.2, -0.15) is 0 Å². The lowest BCUT2D eigenvalue weighted by atomic mass is 10.4. The zero-order valence-electron chi connectivity index (χ0n) is 7.99. The van der Waals surface area contributed by atoms with Crippen molar-refractivity contribution in [2.24, 2.45) is 0 Å². The van der Waals surface area contributed by atoms with Gasteiger partial charge in [0.2, 0.25) is 0 Å². The molecule has 2 heterocycles. The van der Waals surface area contributed by atoms with Gasteiger partial charge in [0.1, 0.15) is 0 Å². The van der Waals surface area contributed by atoms with Gasteiger partial charge in [0, 0.05) is 24.0 Å². The van der Waals surface area contributed by atoms with E-state index >= 15 is 0 Å². The van der Waals surface area contributed by atoms with Crippen molar-refractivity contribution in [1.82, 2.24) is 10.3 Å². The van der Waals surface area contributed by atoms with E-state index in [0.29, 0.717) is 0 Å². The van der Waals surface area contributed by atoms with Crippen LogP contribution in [-0.4, -0.2) is 18.6 Å². The maximum Gasteiger partial charge on any atom is 0.0944 e. The molecule has 2 aromatic heterocycles. The molecule has 0 saturated heterocycles. The Morgan fingerprint density at radius 1 is 1.43 bits per heavy atom. The summed E-state index contributed by atoms with van der Waals surface area (Å²) in [7, 11) is 1.97. The van der Waals surface area contributed by atoms with E-state index in [1.165, 1.54) is 14.8 Å². The standard InChI is InChI=1S/C10H12N2S2/c1-11-5-4-10-12-7-9(14-10)8-3-2-6-13-8/h2-3,6-7,11H,4-5H2,1H3. The molecule has 4 heteroatoms. The zero-order chi connectivity index (χ0) is 9.80. The molecule has 0 amide bonds. The Morgan fingerprint density at radius 3 is 3.07 bits per heavy atom. The molecule has 0 aromatic carbocycles. The van der Waals surface area contributed by atoms with Gasteiger partial charge < -0.3 is 5.32 Å². The molecule has 0 aliphatic heterocycles. The molecule has 0 aliphatic rings. The summed E-state index contributed by atoms with van der Waals surface area (Å²) in [6.45, 7) is 0.997. The van der Waals surface area contributed by atoms with Crippen molar-refractivity contribution >= 4 is 22.7 Å². The van der Waals surface area contributed by atoms with Gasteiger partial charge in [0.15, 0.2) is 0 Å². The molecule has 0 atom stereocenters. The molecule has 0 bridgehead atoms. The summed E-state index contributed by atoms with van der Waals surface area (Å²) in [5.74, 6) is 0. The highest BCUT2D eigenvalue weighted by molar-refractivity contribution is 7.21. The summed E-state index contributed by atoms with van der Waals surface area (Å²) in [5.41, 5.74) is 0. The Morgan fingerprint density at radius 2 is 2.36 bits per heavy atom. The van der Waals surface area contributed by atoms with Gasteiger partial charge >= 0.3 is 0 Å².